The van der Waals surface area contributed by atoms with E-state index in [0.717, 1.165) is 10.4 Å². The monoisotopic (exact) mass is 261 g/mol. The smallest absolute Gasteiger partial charge is 0.267 e. The van der Waals surface area contributed by atoms with Crippen LogP contribution in [-0.2, 0) is 0 Å². The van der Waals surface area contributed by atoms with Gasteiger partial charge in [-0.15, -0.1) is 11.3 Å². The lowest BCUT2D eigenvalue weighted by Gasteiger charge is -2.09. The molecule has 18 heavy (non-hydrogen) atoms. The summed E-state index contributed by atoms with van der Waals surface area (Å²) >= 11 is 1.46. The summed E-state index contributed by atoms with van der Waals surface area (Å²) in [4.78, 5) is 15.3. The number of benzene rings is 1. The molecule has 1 aromatic carbocycles. The molecule has 0 spiro atoms. The molecule has 0 aliphatic heterocycles. The highest BCUT2D eigenvalue weighted by molar-refractivity contribution is 7.17. The zero-order chi connectivity index (χ0) is 13.1. The van der Waals surface area contributed by atoms with Crippen LogP contribution in [-0.4, -0.2) is 32.0 Å². The number of nitrogens with zero attached hydrogens (tertiary/aromatic N) is 1. The Hall–Kier alpha value is -1.81. The fourth-order valence-electron chi connectivity index (χ4n) is 1.62. The van der Waals surface area contributed by atoms with E-state index in [9.17, 15) is 4.79 Å². The number of methoxy groups -OCH3 is 1. The van der Waals surface area contributed by atoms with Crippen molar-refractivity contribution in [2.45, 2.75) is 0 Å². The summed E-state index contributed by atoms with van der Waals surface area (Å²) in [7, 11) is 5.07. The highest BCUT2D eigenvalue weighted by atomic mass is 32.1. The Kier molecular flexibility index (Phi) is 3.67. The van der Waals surface area contributed by atoms with Gasteiger partial charge >= 0.3 is 0 Å². The van der Waals surface area contributed by atoms with Crippen molar-refractivity contribution < 1.29 is 9.53 Å². The number of hydrogen-bond acceptors (Lipinski definition) is 3. The minimum absolute atomic E-state index is 0.0287. The van der Waals surface area contributed by atoms with Gasteiger partial charge in [0.1, 0.15) is 10.6 Å². The molecule has 4 heteroatoms. The quantitative estimate of drug-likeness (QED) is 0.849. The van der Waals surface area contributed by atoms with E-state index >= 15 is 0 Å². The SMILES string of the molecule is COc1cc(-c2ccccc2)sc1C(=O)N(C)C. The summed E-state index contributed by atoms with van der Waals surface area (Å²) < 4.78 is 5.28. The van der Waals surface area contributed by atoms with Crippen LogP contribution >= 0.6 is 11.3 Å². The van der Waals surface area contributed by atoms with Crippen LogP contribution in [0.1, 0.15) is 9.67 Å². The normalized spacial score (nSPS) is 10.2. The summed E-state index contributed by atoms with van der Waals surface area (Å²) in [5, 5.41) is 0. The molecule has 0 N–H and O–H groups in total. The van der Waals surface area contributed by atoms with Gasteiger partial charge in [-0.2, -0.15) is 0 Å². The topological polar surface area (TPSA) is 29.5 Å². The van der Waals surface area contributed by atoms with E-state index in [1.165, 1.54) is 11.3 Å². The molecule has 0 fully saturated rings. The van der Waals surface area contributed by atoms with Gasteiger partial charge in [-0.3, -0.25) is 4.79 Å². The van der Waals surface area contributed by atoms with Crippen LogP contribution in [0.2, 0.25) is 0 Å². The molecule has 0 bridgehead atoms. The number of carbonyl (C=O) groups excluding carboxylic acids is 1. The summed E-state index contributed by atoms with van der Waals surface area (Å²) in [6.45, 7) is 0. The van der Waals surface area contributed by atoms with E-state index in [1.807, 2.05) is 36.4 Å². The van der Waals surface area contributed by atoms with E-state index in [0.29, 0.717) is 10.6 Å². The molecule has 0 atom stereocenters. The summed E-state index contributed by atoms with van der Waals surface area (Å²) in [5.41, 5.74) is 1.10. The molecule has 0 aliphatic rings. The maximum absolute atomic E-state index is 12.0. The number of carbonyl (C=O) groups is 1. The number of hydrogen-bond donors (Lipinski definition) is 0. The minimum atomic E-state index is -0.0287. The Morgan fingerprint density at radius 1 is 1.22 bits per heavy atom. The third kappa shape index (κ3) is 2.38. The molecular weight excluding hydrogens is 246 g/mol. The van der Waals surface area contributed by atoms with Gasteiger partial charge in [0.05, 0.1) is 7.11 Å². The second-order valence-electron chi connectivity index (χ2n) is 4.07. The highest BCUT2D eigenvalue weighted by Gasteiger charge is 2.19. The van der Waals surface area contributed by atoms with Crippen LogP contribution < -0.4 is 4.74 Å². The molecule has 0 radical (unpaired) electrons. The van der Waals surface area contributed by atoms with Crippen LogP contribution in [0.5, 0.6) is 5.75 Å². The first kappa shape index (κ1) is 12.6. The molecule has 1 heterocycles. The molecule has 0 saturated carbocycles. The lowest BCUT2D eigenvalue weighted by Crippen LogP contribution is -2.20. The van der Waals surface area contributed by atoms with Crippen molar-refractivity contribution in [1.82, 2.24) is 4.90 Å². The summed E-state index contributed by atoms with van der Waals surface area (Å²) in [5.74, 6) is 0.608. The van der Waals surface area contributed by atoms with Crippen molar-refractivity contribution in [2.24, 2.45) is 0 Å². The molecule has 0 saturated heterocycles. The van der Waals surface area contributed by atoms with Gasteiger partial charge in [0, 0.05) is 19.0 Å². The summed E-state index contributed by atoms with van der Waals surface area (Å²) in [6, 6.07) is 11.9. The maximum Gasteiger partial charge on any atom is 0.267 e. The third-order valence-electron chi connectivity index (χ3n) is 2.58. The van der Waals surface area contributed by atoms with Crippen molar-refractivity contribution in [3.05, 3.63) is 41.3 Å². The first-order valence-corrected chi connectivity index (χ1v) is 6.40. The standard InChI is InChI=1S/C14H15NO2S/c1-15(2)14(16)13-11(17-3)9-12(18-13)10-7-5-4-6-8-10/h4-9H,1-3H3. The highest BCUT2D eigenvalue weighted by Crippen LogP contribution is 2.36. The lowest BCUT2D eigenvalue weighted by molar-refractivity contribution is 0.0829. The number of amides is 1. The summed E-state index contributed by atoms with van der Waals surface area (Å²) in [6.07, 6.45) is 0. The maximum atomic E-state index is 12.0. The van der Waals surface area contributed by atoms with Crippen molar-refractivity contribution in [2.75, 3.05) is 21.2 Å². The average molecular weight is 261 g/mol. The Morgan fingerprint density at radius 2 is 1.89 bits per heavy atom. The van der Waals surface area contributed by atoms with E-state index in [2.05, 4.69) is 0 Å². The van der Waals surface area contributed by atoms with Crippen molar-refractivity contribution in [3.8, 4) is 16.2 Å². The van der Waals surface area contributed by atoms with Gasteiger partial charge in [-0.05, 0) is 11.6 Å². The van der Waals surface area contributed by atoms with Crippen LogP contribution in [0.4, 0.5) is 0 Å². The van der Waals surface area contributed by atoms with Crippen molar-refractivity contribution in [1.29, 1.82) is 0 Å². The fourth-order valence-corrected chi connectivity index (χ4v) is 2.78. The molecule has 2 aromatic rings. The number of thiophene rings is 1. The Bertz CT molecular complexity index is 546. The van der Waals surface area contributed by atoms with Crippen molar-refractivity contribution in [3.63, 3.8) is 0 Å². The molecule has 0 unspecified atom stereocenters. The van der Waals surface area contributed by atoms with E-state index in [4.69, 9.17) is 4.74 Å². The lowest BCUT2D eigenvalue weighted by atomic mass is 10.2. The third-order valence-corrected chi connectivity index (χ3v) is 3.73. The van der Waals surface area contributed by atoms with Crippen molar-refractivity contribution >= 4 is 17.2 Å². The van der Waals surface area contributed by atoms with Gasteiger partial charge in [0.15, 0.2) is 0 Å². The van der Waals surface area contributed by atoms with E-state index in [-0.39, 0.29) is 5.91 Å². The molecule has 2 rings (SSSR count). The van der Waals surface area contributed by atoms with E-state index < -0.39 is 0 Å². The number of ether oxygens (including phenoxy) is 1. The molecular formula is C14H15NO2S. The first-order valence-electron chi connectivity index (χ1n) is 5.58. The van der Waals surface area contributed by atoms with Gasteiger partial charge in [-0.1, -0.05) is 30.3 Å². The van der Waals surface area contributed by atoms with E-state index in [1.54, 1.807) is 26.1 Å². The van der Waals surface area contributed by atoms with Crippen LogP contribution in [0.15, 0.2) is 36.4 Å². The Balaban J connectivity index is 2.45. The zero-order valence-corrected chi connectivity index (χ0v) is 11.5. The van der Waals surface area contributed by atoms with Gasteiger partial charge in [0.25, 0.3) is 5.91 Å². The minimum Gasteiger partial charge on any atom is -0.495 e. The molecule has 0 aliphatic carbocycles. The van der Waals surface area contributed by atoms with Crippen LogP contribution in [0, 0.1) is 0 Å². The molecule has 94 valence electrons. The molecule has 1 amide bonds. The number of rotatable bonds is 3. The second kappa shape index (κ2) is 5.23. The Morgan fingerprint density at radius 3 is 2.44 bits per heavy atom. The molecule has 3 nitrogen and oxygen atoms in total. The Labute approximate surface area is 111 Å². The first-order chi connectivity index (χ1) is 8.63. The van der Waals surface area contributed by atoms with Crippen LogP contribution in [0.3, 0.4) is 0 Å². The molecule has 1 aromatic heterocycles. The van der Waals surface area contributed by atoms with Crippen LogP contribution in [0.25, 0.3) is 10.4 Å². The fraction of sp³-hybridized carbons (Fsp3) is 0.214. The predicted molar refractivity (Wildman–Crippen MR) is 74.3 cm³/mol. The van der Waals surface area contributed by atoms with Gasteiger partial charge in [-0.25, -0.2) is 0 Å². The van der Waals surface area contributed by atoms with Gasteiger partial charge in [0.2, 0.25) is 0 Å². The second-order valence-corrected chi connectivity index (χ2v) is 5.13. The average Bonchev–Trinajstić information content (AvgIpc) is 2.82. The zero-order valence-electron chi connectivity index (χ0n) is 10.6. The predicted octanol–water partition coefficient (Wildman–Crippen LogP) is 3.13. The van der Waals surface area contributed by atoms with Gasteiger partial charge < -0.3 is 9.64 Å². The largest absolute Gasteiger partial charge is 0.495 e.